The summed E-state index contributed by atoms with van der Waals surface area (Å²) in [6, 6.07) is 6.98. The molecule has 42 valence electrons. The number of anilines is 1. The molecule has 0 spiro atoms. The number of hydrogen-bond acceptors (Lipinski definition) is 1. The van der Waals surface area contributed by atoms with Gasteiger partial charge in [0, 0.05) is 5.69 Å². The van der Waals surface area contributed by atoms with Crippen molar-refractivity contribution < 1.29 is 18.9 Å². The Kier molecular flexibility index (Phi) is 3.22. The molecule has 1 aromatic carbocycles. The predicted octanol–water partition coefficient (Wildman–Crippen LogP) is -1.04. The SMILES string of the molecule is [Li+].[NH-]c1ccccc1N. The van der Waals surface area contributed by atoms with Crippen molar-refractivity contribution in [3.05, 3.63) is 30.0 Å². The summed E-state index contributed by atoms with van der Waals surface area (Å²) in [7, 11) is 0. The summed E-state index contributed by atoms with van der Waals surface area (Å²) in [5.74, 6) is 0. The second kappa shape index (κ2) is 3.44. The van der Waals surface area contributed by atoms with E-state index in [2.05, 4.69) is 0 Å². The predicted molar refractivity (Wildman–Crippen MR) is 34.8 cm³/mol. The maximum atomic E-state index is 7.09. The first-order valence-corrected chi connectivity index (χ1v) is 2.37. The third-order valence-corrected chi connectivity index (χ3v) is 0.961. The summed E-state index contributed by atoms with van der Waals surface area (Å²) in [6.45, 7) is 0. The van der Waals surface area contributed by atoms with Crippen molar-refractivity contribution in [2.24, 2.45) is 0 Å². The topological polar surface area (TPSA) is 49.8 Å². The molecular formula is C6H7LiN2. The van der Waals surface area contributed by atoms with E-state index in [1.165, 1.54) is 0 Å². The van der Waals surface area contributed by atoms with Gasteiger partial charge in [-0.25, -0.2) is 0 Å². The molecule has 2 nitrogen and oxygen atoms in total. The standard InChI is InChI=1S/C6H7N2.Li/c7-5-3-1-2-4-6(5)8;/h1-4,7H,8H2;/q-1;+1. The number of para-hydroxylation sites is 1. The van der Waals surface area contributed by atoms with Gasteiger partial charge in [-0.3, -0.25) is 0 Å². The van der Waals surface area contributed by atoms with Gasteiger partial charge in [-0.1, -0.05) is 18.2 Å². The molecule has 0 aromatic heterocycles. The zero-order valence-corrected chi connectivity index (χ0v) is 5.39. The zero-order chi connectivity index (χ0) is 5.98. The Morgan fingerprint density at radius 3 is 2.11 bits per heavy atom. The monoisotopic (exact) mass is 114 g/mol. The van der Waals surface area contributed by atoms with Crippen molar-refractivity contribution in [2.45, 2.75) is 0 Å². The van der Waals surface area contributed by atoms with Crippen LogP contribution in [0.4, 0.5) is 11.4 Å². The van der Waals surface area contributed by atoms with Crippen LogP contribution in [0.3, 0.4) is 0 Å². The zero-order valence-electron chi connectivity index (χ0n) is 5.39. The molecule has 0 atom stereocenters. The molecule has 0 aliphatic heterocycles. The fourth-order valence-electron chi connectivity index (χ4n) is 0.497. The molecule has 1 aromatic rings. The second-order valence-corrected chi connectivity index (χ2v) is 1.59. The minimum atomic E-state index is 0. The van der Waals surface area contributed by atoms with Gasteiger partial charge in [-0.05, 0) is 6.07 Å². The van der Waals surface area contributed by atoms with E-state index in [1.54, 1.807) is 18.2 Å². The molecular weight excluding hydrogens is 107 g/mol. The van der Waals surface area contributed by atoms with Gasteiger partial charge in [0.25, 0.3) is 0 Å². The van der Waals surface area contributed by atoms with Crippen molar-refractivity contribution in [1.29, 1.82) is 0 Å². The van der Waals surface area contributed by atoms with Crippen molar-refractivity contribution in [1.82, 2.24) is 0 Å². The van der Waals surface area contributed by atoms with Crippen molar-refractivity contribution in [3.8, 4) is 0 Å². The summed E-state index contributed by atoms with van der Waals surface area (Å²) >= 11 is 0. The molecule has 0 amide bonds. The number of rotatable bonds is 0. The number of nitrogens with two attached hydrogens (primary N) is 1. The van der Waals surface area contributed by atoms with Crippen molar-refractivity contribution in [3.63, 3.8) is 0 Å². The second-order valence-electron chi connectivity index (χ2n) is 1.59. The first-order valence-electron chi connectivity index (χ1n) is 2.37. The van der Waals surface area contributed by atoms with Gasteiger partial charge in [-0.2, -0.15) is 0 Å². The average Bonchev–Trinajstić information content (AvgIpc) is 1.77. The minimum Gasteiger partial charge on any atom is -0.697 e. The Morgan fingerprint density at radius 1 is 1.22 bits per heavy atom. The van der Waals surface area contributed by atoms with E-state index in [0.29, 0.717) is 11.4 Å². The largest absolute Gasteiger partial charge is 1.00 e. The molecule has 9 heavy (non-hydrogen) atoms. The Hall–Kier alpha value is -0.583. The van der Waals surface area contributed by atoms with Gasteiger partial charge in [0.1, 0.15) is 0 Å². The average molecular weight is 114 g/mol. The van der Waals surface area contributed by atoms with E-state index < -0.39 is 0 Å². The Morgan fingerprint density at radius 2 is 1.78 bits per heavy atom. The first-order chi connectivity index (χ1) is 3.80. The molecule has 0 saturated carbocycles. The van der Waals surface area contributed by atoms with Gasteiger partial charge in [0.05, 0.1) is 0 Å². The van der Waals surface area contributed by atoms with Crippen LogP contribution < -0.4 is 24.6 Å². The normalized spacial score (nSPS) is 8.00. The molecule has 3 N–H and O–H groups in total. The van der Waals surface area contributed by atoms with Gasteiger partial charge in [-0.15, -0.1) is 5.69 Å². The van der Waals surface area contributed by atoms with Crippen LogP contribution in [0, 0.1) is 0 Å². The van der Waals surface area contributed by atoms with Crippen LogP contribution in [0.2, 0.25) is 0 Å². The Bertz CT molecular complexity index is 167. The summed E-state index contributed by atoms with van der Waals surface area (Å²) in [4.78, 5) is 0. The van der Waals surface area contributed by atoms with E-state index >= 15 is 0 Å². The van der Waals surface area contributed by atoms with Crippen LogP contribution in [0.1, 0.15) is 0 Å². The molecule has 0 bridgehead atoms. The summed E-state index contributed by atoms with van der Waals surface area (Å²) in [5.41, 5.74) is 13.4. The van der Waals surface area contributed by atoms with E-state index in [0.717, 1.165) is 0 Å². The smallest absolute Gasteiger partial charge is 0.697 e. The van der Waals surface area contributed by atoms with Gasteiger partial charge in [0.2, 0.25) is 0 Å². The van der Waals surface area contributed by atoms with E-state index in [4.69, 9.17) is 11.5 Å². The third kappa shape index (κ3) is 2.01. The molecule has 1 rings (SSSR count). The third-order valence-electron chi connectivity index (χ3n) is 0.961. The number of nitrogens with one attached hydrogen (secondary N) is 1. The van der Waals surface area contributed by atoms with E-state index in [1.807, 2.05) is 6.07 Å². The molecule has 0 heterocycles. The minimum absolute atomic E-state index is 0. The van der Waals surface area contributed by atoms with Crippen LogP contribution in [0.25, 0.3) is 5.73 Å². The van der Waals surface area contributed by atoms with Crippen LogP contribution in [-0.4, -0.2) is 0 Å². The first kappa shape index (κ1) is 8.42. The van der Waals surface area contributed by atoms with Crippen LogP contribution in [0.15, 0.2) is 24.3 Å². The van der Waals surface area contributed by atoms with E-state index in [-0.39, 0.29) is 18.9 Å². The number of benzene rings is 1. The molecule has 0 radical (unpaired) electrons. The van der Waals surface area contributed by atoms with Gasteiger partial charge < -0.3 is 11.5 Å². The van der Waals surface area contributed by atoms with Crippen LogP contribution in [0.5, 0.6) is 0 Å². The molecule has 3 heteroatoms. The van der Waals surface area contributed by atoms with Crippen LogP contribution in [-0.2, 0) is 0 Å². The molecule has 0 aliphatic carbocycles. The van der Waals surface area contributed by atoms with Crippen molar-refractivity contribution >= 4 is 11.4 Å². The molecule has 0 aliphatic rings. The molecule has 0 saturated heterocycles. The molecule has 0 fully saturated rings. The van der Waals surface area contributed by atoms with Crippen LogP contribution >= 0.6 is 0 Å². The Labute approximate surface area is 66.4 Å². The fraction of sp³-hybridized carbons (Fsp3) is 0. The number of nitrogen functional groups attached to an aromatic ring is 1. The van der Waals surface area contributed by atoms with E-state index in [9.17, 15) is 0 Å². The quantitative estimate of drug-likeness (QED) is 0.340. The number of hydrogen-bond donors (Lipinski definition) is 1. The Balaban J connectivity index is 0.000000640. The van der Waals surface area contributed by atoms with Gasteiger partial charge in [0.15, 0.2) is 0 Å². The fourth-order valence-corrected chi connectivity index (χ4v) is 0.497. The summed E-state index contributed by atoms with van der Waals surface area (Å²) < 4.78 is 0. The maximum absolute atomic E-state index is 7.09. The summed E-state index contributed by atoms with van der Waals surface area (Å²) in [6.07, 6.45) is 0. The maximum Gasteiger partial charge on any atom is 1.00 e. The van der Waals surface area contributed by atoms with Gasteiger partial charge >= 0.3 is 18.9 Å². The van der Waals surface area contributed by atoms with Crippen molar-refractivity contribution in [2.75, 3.05) is 5.73 Å². The molecule has 0 unspecified atom stereocenters. The summed E-state index contributed by atoms with van der Waals surface area (Å²) in [5, 5.41) is 0.